The lowest BCUT2D eigenvalue weighted by molar-refractivity contribution is 0.111. The van der Waals surface area contributed by atoms with Crippen LogP contribution < -0.4 is 0 Å². The predicted molar refractivity (Wildman–Crippen MR) is 80.1 cm³/mol. The largest absolute Gasteiger partial charge is 0.317 e. The standard InChI is InChI=1S/C15H11ClN4O/c1-20-9-17-19-15(20)13-5-3-2-4-12(13)10-6-11(8-21)18-14(16)7-10/h2-9H,1H3. The molecule has 0 atom stereocenters. The van der Waals surface area contributed by atoms with E-state index in [0.29, 0.717) is 12.0 Å². The van der Waals surface area contributed by atoms with Gasteiger partial charge in [-0.05, 0) is 23.3 Å². The predicted octanol–water partition coefficient (Wildman–Crippen LogP) is 3.01. The highest BCUT2D eigenvalue weighted by molar-refractivity contribution is 6.29. The number of benzene rings is 1. The number of nitrogens with zero attached hydrogens (tertiary/aromatic N) is 4. The third kappa shape index (κ3) is 2.55. The van der Waals surface area contributed by atoms with Crippen LogP contribution >= 0.6 is 11.6 Å². The molecule has 0 fully saturated rings. The summed E-state index contributed by atoms with van der Waals surface area (Å²) in [6.07, 6.45) is 2.32. The van der Waals surface area contributed by atoms with Gasteiger partial charge < -0.3 is 4.57 Å². The van der Waals surface area contributed by atoms with Crippen molar-refractivity contribution in [3.63, 3.8) is 0 Å². The van der Waals surface area contributed by atoms with Crippen molar-refractivity contribution in [2.75, 3.05) is 0 Å². The molecule has 0 amide bonds. The molecule has 0 aliphatic heterocycles. The fourth-order valence-corrected chi connectivity index (χ4v) is 2.41. The zero-order chi connectivity index (χ0) is 14.8. The molecule has 0 N–H and O–H groups in total. The van der Waals surface area contributed by atoms with E-state index in [4.69, 9.17) is 11.6 Å². The molecular weight excluding hydrogens is 288 g/mol. The summed E-state index contributed by atoms with van der Waals surface area (Å²) in [5.41, 5.74) is 2.94. The van der Waals surface area contributed by atoms with Gasteiger partial charge in [0, 0.05) is 12.6 Å². The maximum absolute atomic E-state index is 11.0. The van der Waals surface area contributed by atoms with Gasteiger partial charge in [0.2, 0.25) is 0 Å². The first-order valence-corrected chi connectivity index (χ1v) is 6.63. The zero-order valence-corrected chi connectivity index (χ0v) is 11.9. The Bertz CT molecular complexity index is 813. The summed E-state index contributed by atoms with van der Waals surface area (Å²) in [6, 6.07) is 11.2. The average molecular weight is 299 g/mol. The minimum absolute atomic E-state index is 0.280. The summed E-state index contributed by atoms with van der Waals surface area (Å²) >= 11 is 5.98. The lowest BCUT2D eigenvalue weighted by atomic mass is 9.99. The second kappa shape index (κ2) is 5.46. The molecule has 6 heteroatoms. The molecule has 0 spiro atoms. The molecule has 2 heterocycles. The number of carbonyl (C=O) groups excluding carboxylic acids is 1. The first-order valence-electron chi connectivity index (χ1n) is 6.25. The summed E-state index contributed by atoms with van der Waals surface area (Å²) in [5, 5.41) is 8.31. The molecule has 104 valence electrons. The van der Waals surface area contributed by atoms with Crippen molar-refractivity contribution in [2.24, 2.45) is 7.05 Å². The van der Waals surface area contributed by atoms with E-state index in [2.05, 4.69) is 15.2 Å². The van der Waals surface area contributed by atoms with E-state index in [1.54, 1.807) is 18.5 Å². The molecule has 0 bridgehead atoms. The maximum Gasteiger partial charge on any atom is 0.168 e. The number of hydrogen-bond acceptors (Lipinski definition) is 4. The fraction of sp³-hybridized carbons (Fsp3) is 0.0667. The second-order valence-electron chi connectivity index (χ2n) is 4.53. The number of pyridine rings is 1. The molecule has 0 aliphatic rings. The topological polar surface area (TPSA) is 60.7 Å². The number of aldehydes is 1. The smallest absolute Gasteiger partial charge is 0.168 e. The van der Waals surface area contributed by atoms with Gasteiger partial charge in [-0.15, -0.1) is 10.2 Å². The van der Waals surface area contributed by atoms with Gasteiger partial charge >= 0.3 is 0 Å². The molecule has 3 rings (SSSR count). The normalized spacial score (nSPS) is 10.6. The minimum Gasteiger partial charge on any atom is -0.317 e. The van der Waals surface area contributed by atoms with Crippen molar-refractivity contribution in [1.82, 2.24) is 19.7 Å². The fourth-order valence-electron chi connectivity index (χ4n) is 2.19. The molecule has 1 aromatic carbocycles. The van der Waals surface area contributed by atoms with Crippen LogP contribution in [0, 0.1) is 0 Å². The third-order valence-corrected chi connectivity index (χ3v) is 3.32. The summed E-state index contributed by atoms with van der Waals surface area (Å²) in [5.74, 6) is 0.742. The molecule has 0 radical (unpaired) electrons. The van der Waals surface area contributed by atoms with E-state index < -0.39 is 0 Å². The number of aromatic nitrogens is 4. The van der Waals surface area contributed by atoms with Gasteiger partial charge in [0.25, 0.3) is 0 Å². The van der Waals surface area contributed by atoms with Crippen molar-refractivity contribution < 1.29 is 4.79 Å². The van der Waals surface area contributed by atoms with Gasteiger partial charge in [-0.1, -0.05) is 35.9 Å². The van der Waals surface area contributed by atoms with Crippen LogP contribution in [0.25, 0.3) is 22.5 Å². The number of rotatable bonds is 3. The molecule has 5 nitrogen and oxygen atoms in total. The van der Waals surface area contributed by atoms with Gasteiger partial charge in [-0.3, -0.25) is 4.79 Å². The zero-order valence-electron chi connectivity index (χ0n) is 11.2. The first-order chi connectivity index (χ1) is 10.2. The van der Waals surface area contributed by atoms with E-state index in [0.717, 1.165) is 22.5 Å². The Morgan fingerprint density at radius 2 is 1.95 bits per heavy atom. The van der Waals surface area contributed by atoms with Crippen LogP contribution in [0.5, 0.6) is 0 Å². The Balaban J connectivity index is 2.22. The van der Waals surface area contributed by atoms with E-state index in [9.17, 15) is 4.79 Å². The summed E-state index contributed by atoms with van der Waals surface area (Å²) in [6.45, 7) is 0. The van der Waals surface area contributed by atoms with Crippen molar-refractivity contribution >= 4 is 17.9 Å². The van der Waals surface area contributed by atoms with Crippen molar-refractivity contribution in [1.29, 1.82) is 0 Å². The highest BCUT2D eigenvalue weighted by Gasteiger charge is 2.12. The van der Waals surface area contributed by atoms with Crippen LogP contribution in [-0.4, -0.2) is 26.0 Å². The van der Waals surface area contributed by atoms with E-state index >= 15 is 0 Å². The number of carbonyl (C=O) groups is 1. The highest BCUT2D eigenvalue weighted by Crippen LogP contribution is 2.31. The molecule has 0 unspecified atom stereocenters. The Labute approximate surface area is 126 Å². The molecule has 2 aromatic heterocycles. The highest BCUT2D eigenvalue weighted by atomic mass is 35.5. The Morgan fingerprint density at radius 1 is 1.19 bits per heavy atom. The monoisotopic (exact) mass is 298 g/mol. The summed E-state index contributed by atoms with van der Waals surface area (Å²) in [7, 11) is 1.88. The molecule has 3 aromatic rings. The van der Waals surface area contributed by atoms with Crippen molar-refractivity contribution in [2.45, 2.75) is 0 Å². The lowest BCUT2D eigenvalue weighted by Gasteiger charge is -2.09. The van der Waals surface area contributed by atoms with Crippen molar-refractivity contribution in [3.05, 3.63) is 53.6 Å². The third-order valence-electron chi connectivity index (χ3n) is 3.13. The SMILES string of the molecule is Cn1cnnc1-c1ccccc1-c1cc(Cl)nc(C=O)c1. The molecule has 0 saturated heterocycles. The molecule has 0 aliphatic carbocycles. The summed E-state index contributed by atoms with van der Waals surface area (Å²) < 4.78 is 1.84. The van der Waals surface area contributed by atoms with E-state index in [1.807, 2.05) is 35.9 Å². The van der Waals surface area contributed by atoms with Crippen LogP contribution in [0.2, 0.25) is 5.15 Å². The lowest BCUT2D eigenvalue weighted by Crippen LogP contribution is -1.95. The maximum atomic E-state index is 11.0. The minimum atomic E-state index is 0.280. The summed E-state index contributed by atoms with van der Waals surface area (Å²) in [4.78, 5) is 14.9. The van der Waals surface area contributed by atoms with Crippen LogP contribution in [0.1, 0.15) is 10.5 Å². The molecule has 21 heavy (non-hydrogen) atoms. The quantitative estimate of drug-likeness (QED) is 0.551. The Morgan fingerprint density at radius 3 is 2.62 bits per heavy atom. The van der Waals surface area contributed by atoms with Crippen molar-refractivity contribution in [3.8, 4) is 22.5 Å². The number of aryl methyl sites for hydroxylation is 1. The number of halogens is 1. The molecular formula is C15H11ClN4O. The van der Waals surface area contributed by atoms with Crippen LogP contribution in [0.15, 0.2) is 42.7 Å². The van der Waals surface area contributed by atoms with Gasteiger partial charge in [-0.2, -0.15) is 0 Å². The second-order valence-corrected chi connectivity index (χ2v) is 4.92. The van der Waals surface area contributed by atoms with Gasteiger partial charge in [0.1, 0.15) is 17.2 Å². The van der Waals surface area contributed by atoms with Gasteiger partial charge in [0.15, 0.2) is 12.1 Å². The van der Waals surface area contributed by atoms with Gasteiger partial charge in [-0.25, -0.2) is 4.98 Å². The van der Waals surface area contributed by atoms with E-state index in [1.165, 1.54) is 0 Å². The van der Waals surface area contributed by atoms with Crippen LogP contribution in [-0.2, 0) is 7.05 Å². The molecule has 0 saturated carbocycles. The van der Waals surface area contributed by atoms with Crippen LogP contribution in [0.4, 0.5) is 0 Å². The Kier molecular flexibility index (Phi) is 3.50. The van der Waals surface area contributed by atoms with Crippen LogP contribution in [0.3, 0.4) is 0 Å². The first kappa shape index (κ1) is 13.5. The Hall–Kier alpha value is -2.53. The average Bonchev–Trinajstić information content (AvgIpc) is 2.92. The number of hydrogen-bond donors (Lipinski definition) is 0. The van der Waals surface area contributed by atoms with E-state index in [-0.39, 0.29) is 5.15 Å². The van der Waals surface area contributed by atoms with Gasteiger partial charge in [0.05, 0.1) is 0 Å².